The maximum absolute atomic E-state index is 12.3. The van der Waals surface area contributed by atoms with E-state index in [0.717, 1.165) is 69.9 Å². The molecule has 0 amide bonds. The van der Waals surface area contributed by atoms with Gasteiger partial charge in [0, 0.05) is 100 Å². The van der Waals surface area contributed by atoms with Gasteiger partial charge in [0.1, 0.15) is 46.7 Å². The van der Waals surface area contributed by atoms with Crippen LogP contribution in [0.15, 0.2) is 133 Å². The third-order valence-corrected chi connectivity index (χ3v) is 15.4. The van der Waals surface area contributed by atoms with Gasteiger partial charge in [-0.05, 0) is 94.3 Å². The van der Waals surface area contributed by atoms with E-state index in [0.29, 0.717) is 12.8 Å². The van der Waals surface area contributed by atoms with E-state index in [4.69, 9.17) is 18.2 Å². The van der Waals surface area contributed by atoms with Gasteiger partial charge in [0.05, 0.1) is 27.2 Å². The molecule has 2 aliphatic rings. The van der Waals surface area contributed by atoms with Crippen LogP contribution in [-0.2, 0) is 40.7 Å². The first-order valence-electron chi connectivity index (χ1n) is 27.2. The number of hydrogen-bond acceptors (Lipinski definition) is 16. The first-order valence-corrected chi connectivity index (χ1v) is 27.6. The van der Waals surface area contributed by atoms with Gasteiger partial charge >= 0.3 is 0 Å². The zero-order valence-corrected chi connectivity index (χ0v) is 50.8. The Morgan fingerprint density at radius 1 is 0.733 bits per heavy atom. The molecule has 86 heavy (non-hydrogen) atoms. The number of fused-ring (bicyclic) bond motifs is 4. The Balaban J connectivity index is 0.000000206. The summed E-state index contributed by atoms with van der Waals surface area (Å²) in [5.41, 5.74) is 5.24. The minimum absolute atomic E-state index is 0. The van der Waals surface area contributed by atoms with E-state index in [1.54, 1.807) is 6.07 Å². The van der Waals surface area contributed by atoms with E-state index < -0.39 is 32.7 Å². The Bertz CT molecular complexity index is 4030. The summed E-state index contributed by atoms with van der Waals surface area (Å²) in [5, 5.41) is 90.0. The fourth-order valence-electron chi connectivity index (χ4n) is 10.4. The smallest absolute Gasteiger partial charge is 0.271 e. The summed E-state index contributed by atoms with van der Waals surface area (Å²) in [6.45, 7) is 26.9. The van der Waals surface area contributed by atoms with E-state index in [1.165, 1.54) is 58.5 Å². The van der Waals surface area contributed by atoms with Crippen LogP contribution >= 0.6 is 11.6 Å². The first kappa shape index (κ1) is 65.6. The van der Waals surface area contributed by atoms with Crippen LogP contribution in [0.1, 0.15) is 102 Å². The molecule has 2 aliphatic heterocycles. The molecule has 0 atom stereocenters. The van der Waals surface area contributed by atoms with Gasteiger partial charge in [-0.15, -0.1) is 20.5 Å². The Hall–Kier alpha value is -9.55. The average Bonchev–Trinajstić information content (AvgIpc) is 1.62. The zero-order valence-electron chi connectivity index (χ0n) is 49.0. The van der Waals surface area contributed by atoms with Crippen LogP contribution in [0, 0.1) is 52.0 Å². The predicted molar refractivity (Wildman–Crippen MR) is 326 cm³/mol. The quantitative estimate of drug-likeness (QED) is 0.0260. The third-order valence-electron chi connectivity index (χ3n) is 15.2. The van der Waals surface area contributed by atoms with Crippen LogP contribution in [0.5, 0.6) is 23.3 Å². The zero-order chi connectivity index (χ0) is 62.4. The van der Waals surface area contributed by atoms with E-state index in [-0.39, 0.29) is 109 Å². The van der Waals surface area contributed by atoms with E-state index in [9.17, 15) is 55.5 Å². The number of unbranched alkanes of at least 4 members (excludes halogenated alkanes) is 2. The van der Waals surface area contributed by atoms with Crippen molar-refractivity contribution >= 4 is 79.3 Å². The number of nitro benzene ring substituents is 2. The molecule has 0 unspecified atom stereocenters. The topological polar surface area (TPSA) is 295 Å². The molecule has 447 valence electrons. The molecule has 0 saturated carbocycles. The van der Waals surface area contributed by atoms with Gasteiger partial charge in [0.25, 0.3) is 28.2 Å². The van der Waals surface area contributed by atoms with Gasteiger partial charge in [-0.25, -0.2) is 4.85 Å². The summed E-state index contributed by atoms with van der Waals surface area (Å²) in [4.78, 5) is 50.6. The number of pyridine rings is 2. The van der Waals surface area contributed by atoms with Gasteiger partial charge in [0.15, 0.2) is 11.4 Å². The second kappa shape index (κ2) is 27.0. The first-order chi connectivity index (χ1) is 40.3. The molecule has 22 nitrogen and oxygen atoms in total. The van der Waals surface area contributed by atoms with Crippen molar-refractivity contribution in [2.45, 2.75) is 112 Å². The van der Waals surface area contributed by atoms with E-state index >= 15 is 0 Å². The van der Waals surface area contributed by atoms with Crippen molar-refractivity contribution in [3.63, 3.8) is 0 Å². The number of benzene rings is 5. The van der Waals surface area contributed by atoms with Crippen LogP contribution in [-0.4, -0.2) is 63.3 Å². The molecule has 0 saturated heterocycles. The fourth-order valence-corrected chi connectivity index (χ4v) is 10.6. The number of halogens is 1. The molecular formula is C62H64ClCoN12O10+. The molecule has 0 fully saturated rings. The van der Waals surface area contributed by atoms with E-state index in [1.807, 2.05) is 19.9 Å². The Morgan fingerprint density at radius 2 is 1.26 bits per heavy atom. The van der Waals surface area contributed by atoms with Gasteiger partial charge < -0.3 is 25.3 Å². The van der Waals surface area contributed by atoms with Crippen molar-refractivity contribution in [3.8, 4) is 29.3 Å². The number of nitriles is 1. The molecule has 9 rings (SSSR count). The summed E-state index contributed by atoms with van der Waals surface area (Å²) in [6, 6.07) is 27.9. The molecule has 0 aliphatic carbocycles. The number of non-ortho nitro benzene ring substituents is 2. The molecule has 1 radical (unpaired) electrons. The number of allylic oxidation sites excluding steroid dienone is 2. The minimum Gasteiger partial charge on any atom is -0.506 e. The SMILES string of the molecule is CCCCn1c(O)c(N=Nc2cc([N+](=O)[O-])ccc2O)c(C)c(C#N)c1=O.CC[N+]1=C(C=C2N(C)c3cc(Cl)ccc3C2(C)C)C(C)(C)c2ccc3ccccc3c21.[C-]#[N+]c1c(C)c(N=Nc2cc([N+](=O)[O-])ccc2O)c(O)n(CCCC)c1=O.[Co]. The standard InChI is InChI=1S/C28H30ClN2.2C17H17N5O5.Co/c1-7-31-25(17-24-27(2,3)21-15-13-19(29)16-23(21)30(24)6)28(4,5)22-14-12-18-10-8-9-11-20(18)26(22)31;1-4-5-8-21-16(24)14(18-3)10(2)15(17(21)25)20-19-12-9-11(22(26)27)6-7-13(12)23;1-3-4-7-21-16(24)12(9-18)10(2)15(17(21)25)20-19-13-8-11(22(26)27)5-6-14(13)23;/h8-17H,7H2,1-6H3;6-7,9,23,25H,4-5,8H2,1-2H3;5-6,8,23,25H,3-4,7H2,1-2H3;/q+1;;;. The Kier molecular flexibility index (Phi) is 20.6. The number of hydrogen-bond donors (Lipinski definition) is 4. The number of aromatic hydroxyl groups is 4. The molecule has 4 heterocycles. The average molecular weight is 1230 g/mol. The van der Waals surface area contributed by atoms with Crippen LogP contribution < -0.4 is 16.0 Å². The second-order valence-electron chi connectivity index (χ2n) is 21.2. The number of nitro groups is 2. The normalized spacial score (nSPS) is 14.0. The number of phenolic OH excluding ortho intramolecular Hbond substituents is 2. The fraction of sp³-hybridized carbons (Fsp3) is 0.306. The molecule has 5 aromatic carbocycles. The van der Waals surface area contributed by atoms with Gasteiger partial charge in [-0.2, -0.15) is 9.84 Å². The maximum atomic E-state index is 12.3. The molecule has 24 heteroatoms. The largest absolute Gasteiger partial charge is 0.506 e. The molecule has 7 aromatic rings. The number of nitrogens with zero attached hydrogens (tertiary/aromatic N) is 12. The van der Waals surface area contributed by atoms with Crippen molar-refractivity contribution in [1.29, 1.82) is 5.26 Å². The second-order valence-corrected chi connectivity index (χ2v) is 21.7. The summed E-state index contributed by atoms with van der Waals surface area (Å²) in [6.07, 6.45) is 5.18. The number of rotatable bonds is 14. The molecule has 0 spiro atoms. The summed E-state index contributed by atoms with van der Waals surface area (Å²) < 4.78 is 4.60. The van der Waals surface area contributed by atoms with Crippen molar-refractivity contribution in [2.24, 2.45) is 20.5 Å². The Morgan fingerprint density at radius 3 is 1.77 bits per heavy atom. The molecule has 0 bridgehead atoms. The van der Waals surface area contributed by atoms with Crippen molar-refractivity contribution in [1.82, 2.24) is 9.13 Å². The summed E-state index contributed by atoms with van der Waals surface area (Å²) in [5.74, 6) is -1.60. The summed E-state index contributed by atoms with van der Waals surface area (Å²) in [7, 11) is 2.16. The number of phenols is 2. The molecule has 4 N–H and O–H groups in total. The van der Waals surface area contributed by atoms with Crippen LogP contribution in [0.2, 0.25) is 5.02 Å². The van der Waals surface area contributed by atoms with Gasteiger partial charge in [-0.1, -0.05) is 88.5 Å². The van der Waals surface area contributed by atoms with Crippen molar-refractivity contribution < 1.29 is 51.6 Å². The summed E-state index contributed by atoms with van der Waals surface area (Å²) >= 11 is 6.35. The van der Waals surface area contributed by atoms with E-state index in [2.05, 4.69) is 131 Å². The number of likely N-dealkylation sites (N-methyl/N-ethyl adjacent to an activating group) is 1. The monoisotopic (exact) mass is 1230 g/mol. The van der Waals surface area contributed by atoms with Crippen LogP contribution in [0.3, 0.4) is 0 Å². The number of anilines is 1. The maximum Gasteiger partial charge on any atom is 0.271 e. The predicted octanol–water partition coefficient (Wildman–Crippen LogP) is 15.0. The Labute approximate surface area is 511 Å². The third kappa shape index (κ3) is 12.8. The van der Waals surface area contributed by atoms with Crippen LogP contribution in [0.25, 0.3) is 15.6 Å². The van der Waals surface area contributed by atoms with Gasteiger partial charge in [-0.3, -0.25) is 39.0 Å². The molecular weight excluding hydrogens is 1170 g/mol. The van der Waals surface area contributed by atoms with Crippen LogP contribution in [0.4, 0.5) is 51.2 Å². The molecule has 2 aromatic heterocycles. The van der Waals surface area contributed by atoms with Crippen molar-refractivity contribution in [2.75, 3.05) is 18.5 Å². The van der Waals surface area contributed by atoms with Crippen molar-refractivity contribution in [3.05, 3.63) is 188 Å². The van der Waals surface area contributed by atoms with Gasteiger partial charge in [0.2, 0.25) is 17.4 Å². The minimum atomic E-state index is -0.653. The number of azo groups is 2. The number of aromatic nitrogens is 2.